The van der Waals surface area contributed by atoms with Crippen LogP contribution in [0.5, 0.6) is 0 Å². The number of hydrogen-bond acceptors (Lipinski definition) is 3. The Bertz CT molecular complexity index is 528. The minimum atomic E-state index is 0.0771. The highest BCUT2D eigenvalue weighted by molar-refractivity contribution is 6.31. The lowest BCUT2D eigenvalue weighted by Crippen LogP contribution is -2.54. The van der Waals surface area contributed by atoms with Gasteiger partial charge >= 0.3 is 0 Å². The van der Waals surface area contributed by atoms with Crippen LogP contribution in [-0.2, 0) is 0 Å². The molecule has 2 aliphatic rings. The van der Waals surface area contributed by atoms with Gasteiger partial charge in [-0.05, 0) is 37.0 Å². The van der Waals surface area contributed by atoms with Gasteiger partial charge in [-0.15, -0.1) is 0 Å². The number of anilines is 1. The lowest BCUT2D eigenvalue weighted by Gasteiger charge is -2.44. The van der Waals surface area contributed by atoms with E-state index in [9.17, 15) is 0 Å². The average Bonchev–Trinajstić information content (AvgIpc) is 2.75. The minimum Gasteiger partial charge on any atom is -0.369 e. The van der Waals surface area contributed by atoms with E-state index in [1.807, 2.05) is 18.2 Å². The Morgan fingerprint density at radius 1 is 1.50 bits per heavy atom. The fourth-order valence-electron chi connectivity index (χ4n) is 3.79. The van der Waals surface area contributed by atoms with E-state index in [0.717, 1.165) is 23.2 Å². The predicted octanol–water partition coefficient (Wildman–Crippen LogP) is 3.81. The summed E-state index contributed by atoms with van der Waals surface area (Å²) in [6.45, 7) is 3.11. The Balaban J connectivity index is 1.95. The highest BCUT2D eigenvalue weighted by atomic mass is 35.5. The number of nitrogens with two attached hydrogens (primary N) is 1. The minimum absolute atomic E-state index is 0.0771. The third-order valence-corrected chi connectivity index (χ3v) is 5.04. The number of guanidine groups is 1. The molecule has 0 aromatic heterocycles. The van der Waals surface area contributed by atoms with Crippen LogP contribution >= 0.6 is 11.6 Å². The Morgan fingerprint density at radius 3 is 3.10 bits per heavy atom. The maximum absolute atomic E-state index is 6.19. The molecule has 1 aliphatic heterocycles. The highest BCUT2D eigenvalue weighted by Crippen LogP contribution is 2.43. The summed E-state index contributed by atoms with van der Waals surface area (Å²) in [5, 5.41) is 0.750. The van der Waals surface area contributed by atoms with E-state index < -0.39 is 0 Å². The van der Waals surface area contributed by atoms with Gasteiger partial charge in [0.05, 0.1) is 12.1 Å². The molecule has 0 saturated heterocycles. The van der Waals surface area contributed by atoms with Crippen LogP contribution in [0, 0.1) is 5.92 Å². The van der Waals surface area contributed by atoms with Crippen LogP contribution in [0.3, 0.4) is 0 Å². The third kappa shape index (κ3) is 2.28. The van der Waals surface area contributed by atoms with Crippen molar-refractivity contribution < 1.29 is 0 Å². The monoisotopic (exact) mass is 291 g/mol. The van der Waals surface area contributed by atoms with Crippen LogP contribution in [0.4, 0.5) is 5.69 Å². The van der Waals surface area contributed by atoms with E-state index >= 15 is 0 Å². The summed E-state index contributed by atoms with van der Waals surface area (Å²) >= 11 is 6.15. The van der Waals surface area contributed by atoms with Gasteiger partial charge in [0, 0.05) is 10.7 Å². The van der Waals surface area contributed by atoms with Crippen molar-refractivity contribution in [3.63, 3.8) is 0 Å². The summed E-state index contributed by atoms with van der Waals surface area (Å²) < 4.78 is 0. The molecule has 2 atom stereocenters. The number of halogens is 1. The number of hydrogen-bond donors (Lipinski definition) is 1. The Kier molecular flexibility index (Phi) is 3.63. The van der Waals surface area contributed by atoms with E-state index in [1.54, 1.807) is 0 Å². The molecule has 3 nitrogen and oxygen atoms in total. The molecule has 1 aliphatic carbocycles. The van der Waals surface area contributed by atoms with Crippen LogP contribution < -0.4 is 10.6 Å². The maximum atomic E-state index is 6.19. The standard InChI is InChI=1S/C16H22ClN3/c1-2-12-5-4-8-16(10-12)11-19-15(18)20(16)14-7-3-6-13(17)9-14/h3,6-7,9,12H,2,4-5,8,10-11H2,1H3,(H2,18,19). The first kappa shape index (κ1) is 13.7. The zero-order chi connectivity index (χ0) is 14.2. The molecule has 108 valence electrons. The summed E-state index contributed by atoms with van der Waals surface area (Å²) in [4.78, 5) is 6.78. The summed E-state index contributed by atoms with van der Waals surface area (Å²) in [5.41, 5.74) is 7.34. The van der Waals surface area contributed by atoms with Crippen molar-refractivity contribution in [1.82, 2.24) is 0 Å². The molecule has 2 N–H and O–H groups in total. The second-order valence-corrected chi connectivity index (χ2v) is 6.52. The Hall–Kier alpha value is -1.22. The molecule has 0 radical (unpaired) electrons. The quantitative estimate of drug-likeness (QED) is 0.900. The van der Waals surface area contributed by atoms with Crippen molar-refractivity contribution in [2.45, 2.75) is 44.6 Å². The average molecular weight is 292 g/mol. The second-order valence-electron chi connectivity index (χ2n) is 6.08. The fourth-order valence-corrected chi connectivity index (χ4v) is 3.97. The van der Waals surface area contributed by atoms with Gasteiger partial charge in [-0.3, -0.25) is 4.99 Å². The van der Waals surface area contributed by atoms with Gasteiger partial charge in [0.1, 0.15) is 0 Å². The van der Waals surface area contributed by atoms with Crippen LogP contribution in [0.15, 0.2) is 29.3 Å². The Morgan fingerprint density at radius 2 is 2.35 bits per heavy atom. The van der Waals surface area contributed by atoms with Gasteiger partial charge in [0.2, 0.25) is 0 Å². The van der Waals surface area contributed by atoms with Crippen LogP contribution in [-0.4, -0.2) is 18.0 Å². The van der Waals surface area contributed by atoms with Gasteiger partial charge in [-0.1, -0.05) is 43.9 Å². The molecule has 1 aromatic carbocycles. The molecule has 1 heterocycles. The van der Waals surface area contributed by atoms with Crippen molar-refractivity contribution in [3.8, 4) is 0 Å². The molecule has 0 amide bonds. The first-order valence-corrected chi connectivity index (χ1v) is 7.88. The summed E-state index contributed by atoms with van der Waals surface area (Å²) in [6, 6.07) is 7.96. The van der Waals surface area contributed by atoms with Crippen molar-refractivity contribution in [2.24, 2.45) is 16.6 Å². The zero-order valence-electron chi connectivity index (χ0n) is 12.0. The number of nitrogens with zero attached hydrogens (tertiary/aromatic N) is 2. The predicted molar refractivity (Wildman–Crippen MR) is 85.4 cm³/mol. The van der Waals surface area contributed by atoms with Gasteiger partial charge in [-0.25, -0.2) is 0 Å². The van der Waals surface area contributed by atoms with E-state index in [2.05, 4.69) is 22.9 Å². The smallest absolute Gasteiger partial charge is 0.196 e. The van der Waals surface area contributed by atoms with Crippen LogP contribution in [0.2, 0.25) is 5.02 Å². The van der Waals surface area contributed by atoms with E-state index in [-0.39, 0.29) is 5.54 Å². The molecule has 0 bridgehead atoms. The molecule has 1 saturated carbocycles. The lowest BCUT2D eigenvalue weighted by molar-refractivity contribution is 0.235. The number of aliphatic imine (C=N–C) groups is 1. The van der Waals surface area contributed by atoms with Crippen molar-refractivity contribution in [2.75, 3.05) is 11.4 Å². The number of rotatable bonds is 2. The van der Waals surface area contributed by atoms with Gasteiger partial charge in [0.25, 0.3) is 0 Å². The SMILES string of the molecule is CCC1CCCC2(CN=C(N)N2c2cccc(Cl)c2)C1. The molecular weight excluding hydrogens is 270 g/mol. The molecule has 1 aromatic rings. The van der Waals surface area contributed by atoms with Gasteiger partial charge in [0.15, 0.2) is 5.96 Å². The molecular formula is C16H22ClN3. The van der Waals surface area contributed by atoms with Crippen LogP contribution in [0.25, 0.3) is 0 Å². The molecule has 3 rings (SSSR count). The second kappa shape index (κ2) is 5.28. The maximum Gasteiger partial charge on any atom is 0.196 e. The third-order valence-electron chi connectivity index (χ3n) is 4.81. The van der Waals surface area contributed by atoms with E-state index in [1.165, 1.54) is 32.1 Å². The van der Waals surface area contributed by atoms with E-state index in [0.29, 0.717) is 5.96 Å². The fraction of sp³-hybridized carbons (Fsp3) is 0.562. The molecule has 1 fully saturated rings. The topological polar surface area (TPSA) is 41.6 Å². The summed E-state index contributed by atoms with van der Waals surface area (Å²) in [7, 11) is 0. The first-order valence-electron chi connectivity index (χ1n) is 7.50. The largest absolute Gasteiger partial charge is 0.369 e. The van der Waals surface area contributed by atoms with Crippen molar-refractivity contribution >= 4 is 23.2 Å². The normalized spacial score (nSPS) is 29.8. The Labute approximate surface area is 125 Å². The van der Waals surface area contributed by atoms with Gasteiger partial charge in [-0.2, -0.15) is 0 Å². The highest BCUT2D eigenvalue weighted by Gasteiger charge is 2.45. The van der Waals surface area contributed by atoms with Gasteiger partial charge < -0.3 is 10.6 Å². The molecule has 2 unspecified atom stereocenters. The van der Waals surface area contributed by atoms with Crippen LogP contribution in [0.1, 0.15) is 39.0 Å². The molecule has 20 heavy (non-hydrogen) atoms. The van der Waals surface area contributed by atoms with E-state index in [4.69, 9.17) is 17.3 Å². The zero-order valence-corrected chi connectivity index (χ0v) is 12.7. The van der Waals surface area contributed by atoms with Crippen molar-refractivity contribution in [3.05, 3.63) is 29.3 Å². The molecule has 4 heteroatoms. The first-order chi connectivity index (χ1) is 9.64. The van der Waals surface area contributed by atoms with Crippen molar-refractivity contribution in [1.29, 1.82) is 0 Å². The molecule has 1 spiro atoms. The number of benzene rings is 1. The lowest BCUT2D eigenvalue weighted by atomic mass is 9.74. The summed E-state index contributed by atoms with van der Waals surface area (Å²) in [5.74, 6) is 1.43. The summed E-state index contributed by atoms with van der Waals surface area (Å²) in [6.07, 6.45) is 6.19.